The molecule has 4 nitrogen and oxygen atoms in total. The van der Waals surface area contributed by atoms with Gasteiger partial charge in [-0.15, -0.1) is 11.3 Å². The predicted molar refractivity (Wildman–Crippen MR) is 97.4 cm³/mol. The van der Waals surface area contributed by atoms with Crippen LogP contribution in [0.5, 0.6) is 0 Å². The monoisotopic (exact) mass is 326 g/mol. The van der Waals surface area contributed by atoms with Crippen molar-refractivity contribution in [3.05, 3.63) is 54.1 Å². The van der Waals surface area contributed by atoms with Crippen molar-refractivity contribution in [2.45, 2.75) is 0 Å². The molecule has 3 aromatic rings. The Labute approximate surface area is 137 Å². The third kappa shape index (κ3) is 3.29. The zero-order chi connectivity index (χ0) is 15.4. The van der Waals surface area contributed by atoms with Crippen LogP contribution in [0, 0.1) is 0 Å². The van der Waals surface area contributed by atoms with E-state index < -0.39 is 0 Å². The summed E-state index contributed by atoms with van der Waals surface area (Å²) in [5.41, 5.74) is 5.87. The van der Waals surface area contributed by atoms with Crippen LogP contribution in [0.4, 0.5) is 0 Å². The minimum atomic E-state index is 0.488. The summed E-state index contributed by atoms with van der Waals surface area (Å²) < 4.78 is 1.20. The number of fused-ring (bicyclic) bond motifs is 1. The van der Waals surface area contributed by atoms with E-state index in [0.29, 0.717) is 5.11 Å². The Morgan fingerprint density at radius 1 is 1.18 bits per heavy atom. The highest BCUT2D eigenvalue weighted by molar-refractivity contribution is 7.80. The van der Waals surface area contributed by atoms with E-state index >= 15 is 0 Å². The Kier molecular flexibility index (Phi) is 4.41. The van der Waals surface area contributed by atoms with Crippen molar-refractivity contribution in [3.8, 4) is 10.6 Å². The average Bonchev–Trinajstić information content (AvgIpc) is 2.99. The molecule has 0 unspecified atom stereocenters. The van der Waals surface area contributed by atoms with Crippen molar-refractivity contribution in [1.29, 1.82) is 0 Å². The van der Waals surface area contributed by atoms with Gasteiger partial charge in [0.2, 0.25) is 0 Å². The first-order valence-corrected chi connectivity index (χ1v) is 7.95. The molecule has 6 heteroatoms. The molecule has 0 radical (unpaired) electrons. The first-order chi connectivity index (χ1) is 10.8. The van der Waals surface area contributed by atoms with E-state index in [0.717, 1.165) is 21.7 Å². The number of nitrogens with zero attached hydrogens (tertiary/aromatic N) is 2. The topological polar surface area (TPSA) is 49.3 Å². The molecule has 0 spiro atoms. The minimum absolute atomic E-state index is 0.488. The predicted octanol–water partition coefficient (Wildman–Crippen LogP) is 3.39. The third-order valence-electron chi connectivity index (χ3n) is 3.06. The molecule has 0 bridgehead atoms. The maximum atomic E-state index is 4.94. The lowest BCUT2D eigenvalue weighted by Gasteiger charge is -2.00. The highest BCUT2D eigenvalue weighted by Gasteiger charge is 2.05. The number of rotatable bonds is 3. The van der Waals surface area contributed by atoms with E-state index in [2.05, 4.69) is 39.0 Å². The number of thiazole rings is 1. The molecule has 0 fully saturated rings. The molecule has 3 rings (SSSR count). The van der Waals surface area contributed by atoms with Gasteiger partial charge in [0, 0.05) is 12.6 Å². The van der Waals surface area contributed by atoms with Gasteiger partial charge in [-0.2, -0.15) is 5.10 Å². The summed E-state index contributed by atoms with van der Waals surface area (Å²) in [7, 11) is 1.75. The standard InChI is InChI=1S/C16H14N4S2/c1-17-16(21)20-18-10-11-6-8-12(9-7-11)15-19-13-4-2-3-5-14(13)22-15/h2-10H,1H3,(H2,17,20,21)/b18-10+. The molecule has 0 aliphatic carbocycles. The summed E-state index contributed by atoms with van der Waals surface area (Å²) in [6.45, 7) is 0. The van der Waals surface area contributed by atoms with E-state index in [-0.39, 0.29) is 0 Å². The maximum Gasteiger partial charge on any atom is 0.186 e. The number of hydrogen-bond donors (Lipinski definition) is 2. The summed E-state index contributed by atoms with van der Waals surface area (Å²) in [5, 5.41) is 8.37. The SMILES string of the molecule is CNC(=S)N/N=C/c1ccc(-c2nc3ccccc3s2)cc1. The average molecular weight is 326 g/mol. The minimum Gasteiger partial charge on any atom is -0.364 e. The number of hydrogen-bond acceptors (Lipinski definition) is 4. The molecular weight excluding hydrogens is 312 g/mol. The van der Waals surface area contributed by atoms with Gasteiger partial charge in [-0.3, -0.25) is 5.43 Å². The van der Waals surface area contributed by atoms with Crippen LogP contribution in [0.25, 0.3) is 20.8 Å². The Hall–Kier alpha value is -2.31. The van der Waals surface area contributed by atoms with E-state index in [1.165, 1.54) is 4.70 Å². The van der Waals surface area contributed by atoms with Crippen LogP contribution in [-0.2, 0) is 0 Å². The van der Waals surface area contributed by atoms with Gasteiger partial charge < -0.3 is 5.32 Å². The first-order valence-electron chi connectivity index (χ1n) is 6.73. The molecule has 1 aromatic heterocycles. The molecule has 0 saturated heterocycles. The number of nitrogens with one attached hydrogen (secondary N) is 2. The van der Waals surface area contributed by atoms with E-state index in [9.17, 15) is 0 Å². The lowest BCUT2D eigenvalue weighted by Crippen LogP contribution is -2.28. The molecule has 0 saturated carbocycles. The fourth-order valence-corrected chi connectivity index (χ4v) is 2.95. The molecule has 110 valence electrons. The molecule has 0 aliphatic rings. The molecule has 0 atom stereocenters. The summed E-state index contributed by atoms with van der Waals surface area (Å²) in [6, 6.07) is 16.3. The van der Waals surface area contributed by atoms with E-state index in [1.54, 1.807) is 24.6 Å². The molecule has 22 heavy (non-hydrogen) atoms. The second-order valence-electron chi connectivity index (χ2n) is 4.56. The van der Waals surface area contributed by atoms with Crippen LogP contribution in [0.3, 0.4) is 0 Å². The van der Waals surface area contributed by atoms with E-state index in [1.807, 2.05) is 30.3 Å². The van der Waals surface area contributed by atoms with Crippen LogP contribution in [0.15, 0.2) is 53.6 Å². The summed E-state index contributed by atoms with van der Waals surface area (Å²) in [4.78, 5) is 4.66. The largest absolute Gasteiger partial charge is 0.364 e. The number of thiocarbonyl (C=S) groups is 1. The van der Waals surface area contributed by atoms with Gasteiger partial charge in [0.1, 0.15) is 5.01 Å². The summed E-state index contributed by atoms with van der Waals surface area (Å²) in [6.07, 6.45) is 1.73. The number of aromatic nitrogens is 1. The van der Waals surface area contributed by atoms with Crippen molar-refractivity contribution in [1.82, 2.24) is 15.7 Å². The highest BCUT2D eigenvalue weighted by atomic mass is 32.1. The molecule has 0 aliphatic heterocycles. The molecule has 2 N–H and O–H groups in total. The van der Waals surface area contributed by atoms with Crippen LogP contribution in [0.1, 0.15) is 5.56 Å². The van der Waals surface area contributed by atoms with Gasteiger partial charge in [-0.1, -0.05) is 36.4 Å². The molecule has 1 heterocycles. The fraction of sp³-hybridized carbons (Fsp3) is 0.0625. The van der Waals surface area contributed by atoms with Crippen molar-refractivity contribution in [2.75, 3.05) is 7.05 Å². The molecule has 0 amide bonds. The Morgan fingerprint density at radius 2 is 1.95 bits per heavy atom. The van der Waals surface area contributed by atoms with Gasteiger partial charge in [0.25, 0.3) is 0 Å². The van der Waals surface area contributed by atoms with Crippen LogP contribution >= 0.6 is 23.6 Å². The lowest BCUT2D eigenvalue weighted by atomic mass is 10.1. The summed E-state index contributed by atoms with van der Waals surface area (Å²) >= 11 is 6.64. The van der Waals surface area contributed by atoms with Crippen LogP contribution < -0.4 is 10.7 Å². The Balaban J connectivity index is 1.77. The third-order valence-corrected chi connectivity index (χ3v) is 4.44. The fourth-order valence-electron chi connectivity index (χ4n) is 1.93. The van der Waals surface area contributed by atoms with Crippen LogP contribution in [0.2, 0.25) is 0 Å². The quantitative estimate of drug-likeness (QED) is 0.440. The maximum absolute atomic E-state index is 4.94. The molecular formula is C16H14N4S2. The van der Waals surface area contributed by atoms with Gasteiger partial charge in [-0.25, -0.2) is 4.98 Å². The zero-order valence-electron chi connectivity index (χ0n) is 11.9. The van der Waals surface area contributed by atoms with Gasteiger partial charge in [0.05, 0.1) is 16.4 Å². The number of benzene rings is 2. The highest BCUT2D eigenvalue weighted by Crippen LogP contribution is 2.29. The van der Waals surface area contributed by atoms with Crippen molar-refractivity contribution >= 4 is 45.1 Å². The Morgan fingerprint density at radius 3 is 2.68 bits per heavy atom. The Bertz CT molecular complexity index is 789. The van der Waals surface area contributed by atoms with Gasteiger partial charge in [-0.05, 0) is 29.9 Å². The second kappa shape index (κ2) is 6.64. The normalized spacial score (nSPS) is 11.0. The van der Waals surface area contributed by atoms with Crippen molar-refractivity contribution < 1.29 is 0 Å². The van der Waals surface area contributed by atoms with Crippen molar-refractivity contribution in [2.24, 2.45) is 5.10 Å². The zero-order valence-corrected chi connectivity index (χ0v) is 13.5. The number of hydrazone groups is 1. The molecule has 2 aromatic carbocycles. The summed E-state index contributed by atoms with van der Waals surface area (Å²) in [5.74, 6) is 0. The smallest absolute Gasteiger partial charge is 0.186 e. The van der Waals surface area contributed by atoms with Gasteiger partial charge >= 0.3 is 0 Å². The van der Waals surface area contributed by atoms with E-state index in [4.69, 9.17) is 12.2 Å². The first kappa shape index (κ1) is 14.6. The van der Waals surface area contributed by atoms with Crippen molar-refractivity contribution in [3.63, 3.8) is 0 Å². The number of para-hydroxylation sites is 1. The van der Waals surface area contributed by atoms with Gasteiger partial charge in [0.15, 0.2) is 5.11 Å². The lowest BCUT2D eigenvalue weighted by molar-refractivity contribution is 0.982. The van der Waals surface area contributed by atoms with Crippen LogP contribution in [-0.4, -0.2) is 23.4 Å². The second-order valence-corrected chi connectivity index (χ2v) is 6.00.